The van der Waals surface area contributed by atoms with Crippen LogP contribution in [0.15, 0.2) is 48.5 Å². The fraction of sp³-hybridized carbons (Fsp3) is 0.318. The third-order valence-electron chi connectivity index (χ3n) is 5.49. The van der Waals surface area contributed by atoms with Crippen molar-refractivity contribution in [3.63, 3.8) is 0 Å². The second kappa shape index (κ2) is 7.35. The number of amides is 1. The highest BCUT2D eigenvalue weighted by atomic mass is 16.4. The average molecular weight is 362 g/mol. The molecule has 0 spiro atoms. The normalized spacial score (nSPS) is 16.3. The molecule has 4 rings (SSSR count). The second-order valence-corrected chi connectivity index (χ2v) is 7.21. The van der Waals surface area contributed by atoms with Crippen LogP contribution in [0.2, 0.25) is 0 Å². The molecule has 1 atom stereocenters. The van der Waals surface area contributed by atoms with Gasteiger partial charge in [0.15, 0.2) is 0 Å². The fourth-order valence-electron chi connectivity index (χ4n) is 4.15. The number of carbonyl (C=O) groups excluding carboxylic acids is 1. The van der Waals surface area contributed by atoms with Gasteiger partial charge in [0.05, 0.1) is 16.6 Å². The first-order chi connectivity index (χ1) is 13.1. The largest absolute Gasteiger partial charge is 0.480 e. The summed E-state index contributed by atoms with van der Waals surface area (Å²) in [6.07, 6.45) is 4.86. The van der Waals surface area contributed by atoms with E-state index >= 15 is 0 Å². The number of nitrogens with one attached hydrogen (secondary N) is 1. The summed E-state index contributed by atoms with van der Waals surface area (Å²) in [6.45, 7) is 0. The first-order valence-corrected chi connectivity index (χ1v) is 9.46. The Bertz CT molecular complexity index is 955. The zero-order chi connectivity index (χ0) is 18.8. The summed E-state index contributed by atoms with van der Waals surface area (Å²) >= 11 is 0. The molecule has 1 aromatic heterocycles. The van der Waals surface area contributed by atoms with Crippen LogP contribution in [0.5, 0.6) is 0 Å². The van der Waals surface area contributed by atoms with Gasteiger partial charge in [0.1, 0.15) is 6.04 Å². The van der Waals surface area contributed by atoms with Crippen LogP contribution >= 0.6 is 0 Å². The molecule has 1 aliphatic carbocycles. The number of fused-ring (bicyclic) bond motifs is 2. The molecular weight excluding hydrogens is 340 g/mol. The van der Waals surface area contributed by atoms with Gasteiger partial charge in [0, 0.05) is 10.8 Å². The molecule has 27 heavy (non-hydrogen) atoms. The maximum atomic E-state index is 13.2. The van der Waals surface area contributed by atoms with Crippen molar-refractivity contribution in [2.45, 2.75) is 38.1 Å². The van der Waals surface area contributed by atoms with Crippen LogP contribution in [0, 0.1) is 5.92 Å². The molecule has 0 bridgehead atoms. The molecule has 5 nitrogen and oxygen atoms in total. The topological polar surface area (TPSA) is 79.3 Å². The van der Waals surface area contributed by atoms with E-state index in [4.69, 9.17) is 0 Å². The van der Waals surface area contributed by atoms with Crippen LogP contribution in [0.3, 0.4) is 0 Å². The van der Waals surface area contributed by atoms with Crippen molar-refractivity contribution in [3.05, 3.63) is 54.1 Å². The lowest BCUT2D eigenvalue weighted by atomic mass is 9.83. The van der Waals surface area contributed by atoms with Gasteiger partial charge < -0.3 is 10.4 Å². The average Bonchev–Trinajstić information content (AvgIpc) is 2.70. The summed E-state index contributed by atoms with van der Waals surface area (Å²) < 4.78 is 0. The number of aliphatic carboxylic acids is 1. The van der Waals surface area contributed by atoms with E-state index in [9.17, 15) is 14.7 Å². The Morgan fingerprint density at radius 1 is 0.926 bits per heavy atom. The molecule has 138 valence electrons. The van der Waals surface area contributed by atoms with Crippen LogP contribution in [0.25, 0.3) is 21.8 Å². The summed E-state index contributed by atoms with van der Waals surface area (Å²) in [5, 5.41) is 14.0. The van der Waals surface area contributed by atoms with Gasteiger partial charge in [-0.3, -0.25) is 4.79 Å². The first kappa shape index (κ1) is 17.5. The summed E-state index contributed by atoms with van der Waals surface area (Å²) in [4.78, 5) is 29.7. The molecule has 1 amide bonds. The third kappa shape index (κ3) is 3.37. The van der Waals surface area contributed by atoms with Crippen molar-refractivity contribution in [2.24, 2.45) is 5.92 Å². The number of aromatic nitrogens is 1. The standard InChI is InChI=1S/C22H22N2O3/c25-21(24-20(22(26)27)14-8-2-1-3-9-14)19-15-10-4-6-12-17(15)23-18-13-7-5-11-16(18)19/h4-7,10-14,20H,1-3,8-9H2,(H,24,25)(H,26,27)/t20-/m1/s1. The Labute approximate surface area is 157 Å². The summed E-state index contributed by atoms with van der Waals surface area (Å²) in [7, 11) is 0. The highest BCUT2D eigenvalue weighted by molar-refractivity contribution is 6.16. The smallest absolute Gasteiger partial charge is 0.326 e. The number of pyridine rings is 1. The van der Waals surface area contributed by atoms with Gasteiger partial charge in [-0.1, -0.05) is 55.7 Å². The van der Waals surface area contributed by atoms with E-state index in [-0.39, 0.29) is 11.8 Å². The van der Waals surface area contributed by atoms with E-state index in [1.54, 1.807) is 0 Å². The van der Waals surface area contributed by atoms with Crippen LogP contribution in [0.4, 0.5) is 0 Å². The van der Waals surface area contributed by atoms with Crippen molar-refractivity contribution in [1.29, 1.82) is 0 Å². The predicted octanol–water partition coefficient (Wildman–Crippen LogP) is 4.15. The van der Waals surface area contributed by atoms with Gasteiger partial charge in [-0.25, -0.2) is 9.78 Å². The van der Waals surface area contributed by atoms with Crippen LogP contribution in [0.1, 0.15) is 42.5 Å². The zero-order valence-corrected chi connectivity index (χ0v) is 15.0. The van der Waals surface area contributed by atoms with Gasteiger partial charge in [-0.15, -0.1) is 0 Å². The van der Waals surface area contributed by atoms with E-state index in [1.807, 2.05) is 48.5 Å². The molecule has 3 aromatic rings. The van der Waals surface area contributed by atoms with E-state index in [2.05, 4.69) is 10.3 Å². The second-order valence-electron chi connectivity index (χ2n) is 7.21. The number of carboxylic acid groups (broad SMARTS) is 1. The number of benzene rings is 2. The minimum atomic E-state index is -0.960. The first-order valence-electron chi connectivity index (χ1n) is 9.46. The molecule has 1 fully saturated rings. The minimum Gasteiger partial charge on any atom is -0.480 e. The molecule has 1 saturated carbocycles. The van der Waals surface area contributed by atoms with Crippen LogP contribution < -0.4 is 5.32 Å². The summed E-state index contributed by atoms with van der Waals surface area (Å²) in [6, 6.07) is 14.1. The Kier molecular flexibility index (Phi) is 4.75. The third-order valence-corrected chi connectivity index (χ3v) is 5.49. The molecule has 5 heteroatoms. The molecule has 0 saturated heterocycles. The van der Waals surface area contributed by atoms with Crippen LogP contribution in [-0.2, 0) is 4.79 Å². The fourth-order valence-corrected chi connectivity index (χ4v) is 4.15. The number of rotatable bonds is 4. The summed E-state index contributed by atoms with van der Waals surface area (Å²) in [5.41, 5.74) is 1.95. The van der Waals surface area contributed by atoms with E-state index in [0.29, 0.717) is 5.56 Å². The molecule has 2 N–H and O–H groups in total. The lowest BCUT2D eigenvalue weighted by Gasteiger charge is -2.28. The lowest BCUT2D eigenvalue weighted by molar-refractivity contribution is -0.141. The zero-order valence-electron chi connectivity index (χ0n) is 15.0. The molecular formula is C22H22N2O3. The maximum Gasteiger partial charge on any atom is 0.326 e. The van der Waals surface area contributed by atoms with Crippen molar-refractivity contribution in [3.8, 4) is 0 Å². The molecule has 0 unspecified atom stereocenters. The van der Waals surface area contributed by atoms with Gasteiger partial charge in [-0.2, -0.15) is 0 Å². The van der Waals surface area contributed by atoms with Crippen molar-refractivity contribution in [1.82, 2.24) is 10.3 Å². The van der Waals surface area contributed by atoms with E-state index < -0.39 is 12.0 Å². The minimum absolute atomic E-state index is 0.0143. The number of hydrogen-bond donors (Lipinski definition) is 2. The van der Waals surface area contributed by atoms with Gasteiger partial charge in [-0.05, 0) is 30.9 Å². The monoisotopic (exact) mass is 362 g/mol. The molecule has 0 radical (unpaired) electrons. The SMILES string of the molecule is O=C(N[C@@H](C(=O)O)C1CCCCC1)c1c2ccccc2nc2ccccc12. The number of hydrogen-bond acceptors (Lipinski definition) is 3. The Morgan fingerprint density at radius 2 is 1.48 bits per heavy atom. The number of carboxylic acids is 1. The van der Waals surface area contributed by atoms with Crippen molar-refractivity contribution in [2.75, 3.05) is 0 Å². The van der Waals surface area contributed by atoms with E-state index in [0.717, 1.165) is 53.9 Å². The Morgan fingerprint density at radius 3 is 2.04 bits per heavy atom. The Balaban J connectivity index is 1.77. The highest BCUT2D eigenvalue weighted by Gasteiger charge is 2.31. The van der Waals surface area contributed by atoms with Gasteiger partial charge in [0.25, 0.3) is 5.91 Å². The predicted molar refractivity (Wildman–Crippen MR) is 105 cm³/mol. The van der Waals surface area contributed by atoms with E-state index in [1.165, 1.54) is 0 Å². The molecule has 0 aliphatic heterocycles. The van der Waals surface area contributed by atoms with Crippen molar-refractivity contribution >= 4 is 33.7 Å². The van der Waals surface area contributed by atoms with Gasteiger partial charge >= 0.3 is 5.97 Å². The molecule has 1 aliphatic rings. The highest BCUT2D eigenvalue weighted by Crippen LogP contribution is 2.29. The molecule has 2 aromatic carbocycles. The number of para-hydroxylation sites is 2. The van der Waals surface area contributed by atoms with Crippen molar-refractivity contribution < 1.29 is 14.7 Å². The lowest BCUT2D eigenvalue weighted by Crippen LogP contribution is -2.46. The van der Waals surface area contributed by atoms with Crippen LogP contribution in [-0.4, -0.2) is 28.0 Å². The summed E-state index contributed by atoms with van der Waals surface area (Å²) in [5.74, 6) is -1.32. The van der Waals surface area contributed by atoms with Gasteiger partial charge in [0.2, 0.25) is 0 Å². The number of nitrogens with zero attached hydrogens (tertiary/aromatic N) is 1. The number of carbonyl (C=O) groups is 2. The Hall–Kier alpha value is -2.95. The quantitative estimate of drug-likeness (QED) is 0.683. The maximum absolute atomic E-state index is 13.2. The molecule has 1 heterocycles.